The molecule has 1 atom stereocenters. The third-order valence-electron chi connectivity index (χ3n) is 5.64. The highest BCUT2D eigenvalue weighted by Crippen LogP contribution is 2.29. The highest BCUT2D eigenvalue weighted by Gasteiger charge is 2.39. The number of halogens is 4. The average molecular weight is 561 g/mol. The molecule has 0 N–H and O–H groups in total. The standard InChI is InChI=1S/C25H20ClF3N6O4/c1-38-24(37)35(19-8-10-20(11-9-19)39-25(27,28)29)23(36)34-15-21(33-14-16(13-30)3-2-12-31-33)22(32-34)17-4-6-18(26)7-5-17/h4-12,14,21H,2-3,15H2,1H3. The van der Waals surface area contributed by atoms with Gasteiger partial charge in [-0.2, -0.15) is 20.4 Å². The molecule has 3 amide bonds. The normalized spacial score (nSPS) is 17.1. The first-order chi connectivity index (χ1) is 18.6. The lowest BCUT2D eigenvalue weighted by atomic mass is 10.0. The molecule has 2 aliphatic heterocycles. The van der Waals surface area contributed by atoms with E-state index in [4.69, 9.17) is 16.3 Å². The highest BCUT2D eigenvalue weighted by atomic mass is 35.5. The van der Waals surface area contributed by atoms with Crippen molar-refractivity contribution in [3.63, 3.8) is 0 Å². The van der Waals surface area contributed by atoms with Gasteiger partial charge in [-0.3, -0.25) is 5.01 Å². The molecule has 2 aliphatic rings. The number of anilines is 1. The van der Waals surface area contributed by atoms with Gasteiger partial charge in [0.15, 0.2) is 0 Å². The van der Waals surface area contributed by atoms with Crippen LogP contribution in [0.3, 0.4) is 0 Å². The lowest BCUT2D eigenvalue weighted by Gasteiger charge is -2.26. The molecule has 1 unspecified atom stereocenters. The third-order valence-corrected chi connectivity index (χ3v) is 5.89. The summed E-state index contributed by atoms with van der Waals surface area (Å²) < 4.78 is 46.3. The van der Waals surface area contributed by atoms with E-state index in [-0.39, 0.29) is 12.2 Å². The van der Waals surface area contributed by atoms with Crippen LogP contribution in [0.2, 0.25) is 5.02 Å². The number of hydrogen-bond acceptors (Lipinski definition) is 8. The minimum Gasteiger partial charge on any atom is -0.452 e. The third kappa shape index (κ3) is 6.47. The molecule has 202 valence electrons. The van der Waals surface area contributed by atoms with Crippen molar-refractivity contribution in [3.05, 3.63) is 70.9 Å². The largest absolute Gasteiger partial charge is 0.573 e. The number of nitriles is 1. The van der Waals surface area contributed by atoms with E-state index in [0.717, 1.165) is 36.4 Å². The van der Waals surface area contributed by atoms with E-state index in [0.29, 0.717) is 39.6 Å². The van der Waals surface area contributed by atoms with E-state index in [9.17, 15) is 28.0 Å². The van der Waals surface area contributed by atoms with Crippen molar-refractivity contribution < 1.29 is 32.2 Å². The number of amides is 3. The zero-order chi connectivity index (χ0) is 28.2. The predicted molar refractivity (Wildman–Crippen MR) is 135 cm³/mol. The molecule has 0 aromatic heterocycles. The second-order valence-corrected chi connectivity index (χ2v) is 8.64. The van der Waals surface area contributed by atoms with Gasteiger partial charge in [0.1, 0.15) is 11.8 Å². The number of methoxy groups -OCH3 is 1. The molecule has 10 nitrogen and oxygen atoms in total. The highest BCUT2D eigenvalue weighted by molar-refractivity contribution is 6.30. The van der Waals surface area contributed by atoms with Crippen molar-refractivity contribution in [2.24, 2.45) is 10.2 Å². The summed E-state index contributed by atoms with van der Waals surface area (Å²) in [5.41, 5.74) is 1.42. The number of benzene rings is 2. The maximum absolute atomic E-state index is 13.6. The van der Waals surface area contributed by atoms with Crippen LogP contribution in [0.4, 0.5) is 28.4 Å². The maximum atomic E-state index is 13.6. The Morgan fingerprint density at radius 2 is 1.85 bits per heavy atom. The van der Waals surface area contributed by atoms with Crippen LogP contribution in [-0.2, 0) is 4.74 Å². The van der Waals surface area contributed by atoms with Gasteiger partial charge in [0.25, 0.3) is 0 Å². The number of hydrazone groups is 2. The van der Waals surface area contributed by atoms with Crippen LogP contribution < -0.4 is 9.64 Å². The number of carbonyl (C=O) groups is 2. The lowest BCUT2D eigenvalue weighted by molar-refractivity contribution is -0.274. The number of urea groups is 1. The molecule has 0 fully saturated rings. The van der Waals surface area contributed by atoms with E-state index in [1.165, 1.54) is 5.01 Å². The topological polar surface area (TPSA) is 111 Å². The van der Waals surface area contributed by atoms with Crippen LogP contribution >= 0.6 is 11.6 Å². The van der Waals surface area contributed by atoms with Crippen LogP contribution in [0.1, 0.15) is 18.4 Å². The fraction of sp³-hybridized carbons (Fsp3) is 0.240. The van der Waals surface area contributed by atoms with Crippen LogP contribution in [0, 0.1) is 11.3 Å². The Kier molecular flexibility index (Phi) is 8.06. The summed E-state index contributed by atoms with van der Waals surface area (Å²) in [6, 6.07) is 11.4. The van der Waals surface area contributed by atoms with Gasteiger partial charge >= 0.3 is 18.5 Å². The van der Waals surface area contributed by atoms with E-state index < -0.39 is 30.3 Å². The van der Waals surface area contributed by atoms with Crippen molar-refractivity contribution in [2.75, 3.05) is 18.6 Å². The smallest absolute Gasteiger partial charge is 0.452 e. The maximum Gasteiger partial charge on any atom is 0.573 e. The Hall–Kier alpha value is -4.57. The van der Waals surface area contributed by atoms with Crippen molar-refractivity contribution in [3.8, 4) is 11.8 Å². The van der Waals surface area contributed by atoms with Gasteiger partial charge < -0.3 is 9.47 Å². The van der Waals surface area contributed by atoms with E-state index in [1.54, 1.807) is 36.7 Å². The van der Waals surface area contributed by atoms with Crippen LogP contribution in [0.25, 0.3) is 0 Å². The molecule has 0 saturated carbocycles. The predicted octanol–water partition coefficient (Wildman–Crippen LogP) is 5.51. The molecular weight excluding hydrogens is 541 g/mol. The molecule has 2 heterocycles. The van der Waals surface area contributed by atoms with Crippen molar-refractivity contribution in [1.29, 1.82) is 5.26 Å². The lowest BCUT2D eigenvalue weighted by Crippen LogP contribution is -2.46. The summed E-state index contributed by atoms with van der Waals surface area (Å²) in [5, 5.41) is 21.4. The molecule has 0 spiro atoms. The van der Waals surface area contributed by atoms with Crippen molar-refractivity contribution >= 4 is 41.3 Å². The van der Waals surface area contributed by atoms with Gasteiger partial charge in [-0.25, -0.2) is 14.6 Å². The SMILES string of the molecule is COC(=O)N(C(=O)N1CC(N2C=C(C#N)CCC=N2)C(c2ccc(Cl)cc2)=N1)c1ccc(OC(F)(F)F)cc1. The average Bonchev–Trinajstić information content (AvgIpc) is 3.21. The van der Waals surface area contributed by atoms with E-state index >= 15 is 0 Å². The minimum absolute atomic E-state index is 0.0764. The number of hydrogen-bond donors (Lipinski definition) is 0. The second kappa shape index (κ2) is 11.4. The molecule has 39 heavy (non-hydrogen) atoms. The number of alkyl halides is 3. The first-order valence-electron chi connectivity index (χ1n) is 11.4. The summed E-state index contributed by atoms with van der Waals surface area (Å²) in [5.74, 6) is -0.535. The molecule has 0 bridgehead atoms. The van der Waals surface area contributed by atoms with Gasteiger partial charge in [0.05, 0.1) is 31.1 Å². The monoisotopic (exact) mass is 560 g/mol. The van der Waals surface area contributed by atoms with Crippen molar-refractivity contribution in [2.45, 2.75) is 25.2 Å². The van der Waals surface area contributed by atoms with E-state index in [1.807, 2.05) is 0 Å². The zero-order valence-electron chi connectivity index (χ0n) is 20.3. The molecule has 2 aromatic rings. The van der Waals surface area contributed by atoms with Crippen LogP contribution in [0.15, 0.2) is 70.5 Å². The number of ether oxygens (including phenoxy) is 2. The minimum atomic E-state index is -4.91. The fourth-order valence-corrected chi connectivity index (χ4v) is 4.00. The quantitative estimate of drug-likeness (QED) is 0.487. The van der Waals surface area contributed by atoms with Gasteiger partial charge in [-0.05, 0) is 49.2 Å². The van der Waals surface area contributed by atoms with Gasteiger partial charge in [0.2, 0.25) is 0 Å². The molecule has 2 aromatic carbocycles. The van der Waals surface area contributed by atoms with Gasteiger partial charge in [-0.1, -0.05) is 23.7 Å². The van der Waals surface area contributed by atoms with Crippen LogP contribution in [0.5, 0.6) is 5.75 Å². The molecule has 0 aliphatic carbocycles. The Balaban J connectivity index is 1.69. The fourth-order valence-electron chi connectivity index (χ4n) is 3.87. The van der Waals surface area contributed by atoms with Crippen LogP contribution in [-0.4, -0.2) is 60.1 Å². The second-order valence-electron chi connectivity index (χ2n) is 8.20. The van der Waals surface area contributed by atoms with E-state index in [2.05, 4.69) is 21.0 Å². The molecule has 0 saturated heterocycles. The molecule has 14 heteroatoms. The van der Waals surface area contributed by atoms with Gasteiger partial charge in [-0.15, -0.1) is 13.2 Å². The number of carbonyl (C=O) groups excluding carboxylic acids is 2. The van der Waals surface area contributed by atoms with Crippen molar-refractivity contribution in [1.82, 2.24) is 10.0 Å². The summed E-state index contributed by atoms with van der Waals surface area (Å²) >= 11 is 6.04. The summed E-state index contributed by atoms with van der Waals surface area (Å²) in [6.45, 7) is -0.0773. The summed E-state index contributed by atoms with van der Waals surface area (Å²) in [4.78, 5) is 26.9. The Labute approximate surface area is 225 Å². The molecule has 4 rings (SSSR count). The number of rotatable bonds is 4. The Morgan fingerprint density at radius 3 is 2.46 bits per heavy atom. The number of allylic oxidation sites excluding steroid dienone is 1. The number of imide groups is 1. The molecule has 0 radical (unpaired) electrons. The zero-order valence-corrected chi connectivity index (χ0v) is 21.1. The van der Waals surface area contributed by atoms with Gasteiger partial charge in [0, 0.05) is 28.6 Å². The summed E-state index contributed by atoms with van der Waals surface area (Å²) in [6.07, 6.45) is -1.74. The Bertz CT molecular complexity index is 1370. The molecular formula is C25H20ClF3N6O4. The first-order valence-corrected chi connectivity index (χ1v) is 11.8. The summed E-state index contributed by atoms with van der Waals surface area (Å²) in [7, 11) is 1.05. The number of nitrogens with zero attached hydrogens (tertiary/aromatic N) is 6. The Morgan fingerprint density at radius 1 is 1.15 bits per heavy atom. The first kappa shape index (κ1) is 27.5.